The molecule has 7 nitrogen and oxygen atoms in total. The molecule has 7 heteroatoms. The van der Waals surface area contributed by atoms with Crippen LogP contribution in [0.25, 0.3) is 11.4 Å². The van der Waals surface area contributed by atoms with Crippen LogP contribution in [0.2, 0.25) is 0 Å². The van der Waals surface area contributed by atoms with Gasteiger partial charge >= 0.3 is 5.97 Å². The number of rotatable bonds is 7. The molecule has 1 aromatic heterocycles. The minimum atomic E-state index is -1.03. The molecular weight excluding hydrogens is 324 g/mol. The Labute approximate surface area is 145 Å². The molecule has 0 amide bonds. The molecule has 0 atom stereocenters. The summed E-state index contributed by atoms with van der Waals surface area (Å²) in [5, 5.41) is 18.8. The smallest absolute Gasteiger partial charge is 0.341 e. The van der Waals surface area contributed by atoms with Gasteiger partial charge in [0.25, 0.3) is 0 Å². The Hall–Kier alpha value is -2.38. The zero-order chi connectivity index (χ0) is 17.7. The van der Waals surface area contributed by atoms with Crippen LogP contribution in [0, 0.1) is 5.41 Å². The van der Waals surface area contributed by atoms with Crippen LogP contribution in [0.1, 0.15) is 12.8 Å². The Kier molecular flexibility index (Phi) is 5.35. The molecule has 3 rings (SSSR count). The van der Waals surface area contributed by atoms with Crippen LogP contribution in [0.15, 0.2) is 36.7 Å². The van der Waals surface area contributed by atoms with Crippen LogP contribution in [-0.2, 0) is 16.1 Å². The lowest BCUT2D eigenvalue weighted by Crippen LogP contribution is -2.37. The van der Waals surface area contributed by atoms with Gasteiger partial charge in [-0.1, -0.05) is 12.1 Å². The van der Waals surface area contributed by atoms with E-state index in [9.17, 15) is 9.90 Å². The molecule has 1 saturated heterocycles. The number of aliphatic hydroxyl groups excluding tert-OH is 1. The molecule has 0 aliphatic carbocycles. The van der Waals surface area contributed by atoms with E-state index in [0.29, 0.717) is 31.3 Å². The molecule has 1 aliphatic rings. The Balaban J connectivity index is 1.88. The van der Waals surface area contributed by atoms with E-state index in [1.165, 1.54) is 0 Å². The number of imidazole rings is 1. The lowest BCUT2D eigenvalue weighted by molar-refractivity contribution is -0.139. The van der Waals surface area contributed by atoms with Gasteiger partial charge in [0.2, 0.25) is 0 Å². The van der Waals surface area contributed by atoms with Gasteiger partial charge in [-0.25, -0.2) is 9.78 Å². The first kappa shape index (κ1) is 17.4. The zero-order valence-electron chi connectivity index (χ0n) is 13.9. The largest absolute Gasteiger partial charge is 0.481 e. The van der Waals surface area contributed by atoms with Crippen LogP contribution in [0.5, 0.6) is 5.75 Å². The van der Waals surface area contributed by atoms with E-state index < -0.39 is 12.6 Å². The Morgan fingerprint density at radius 3 is 2.80 bits per heavy atom. The molecule has 2 aromatic rings. The van der Waals surface area contributed by atoms with E-state index in [1.807, 2.05) is 22.9 Å². The predicted octanol–water partition coefficient (Wildman–Crippen LogP) is 1.80. The number of carbonyl (C=O) groups is 1. The number of ether oxygens (including phenoxy) is 2. The van der Waals surface area contributed by atoms with Crippen LogP contribution in [0.3, 0.4) is 0 Å². The minimum Gasteiger partial charge on any atom is -0.481 e. The molecule has 134 valence electrons. The normalized spacial score (nSPS) is 16.5. The van der Waals surface area contributed by atoms with Gasteiger partial charge in [0, 0.05) is 37.6 Å². The van der Waals surface area contributed by atoms with Crippen LogP contribution in [0.4, 0.5) is 0 Å². The molecule has 0 radical (unpaired) electrons. The molecule has 1 aliphatic heterocycles. The topological polar surface area (TPSA) is 93.8 Å². The fourth-order valence-corrected chi connectivity index (χ4v) is 3.13. The summed E-state index contributed by atoms with van der Waals surface area (Å²) in [4.78, 5) is 15.2. The molecule has 1 aromatic carbocycles. The van der Waals surface area contributed by atoms with Crippen molar-refractivity contribution in [2.45, 2.75) is 19.4 Å². The van der Waals surface area contributed by atoms with Crippen LogP contribution >= 0.6 is 0 Å². The standard InChI is InChI=1S/C18H22N2O5/c21-13-18(5-9-24-10-6-18)12-20-8-7-19-17(20)14-3-1-2-4-15(14)25-11-16(22)23/h1-4,7-8,21H,5-6,9-13H2,(H,22,23). The van der Waals surface area contributed by atoms with Gasteiger partial charge in [-0.05, 0) is 25.0 Å². The molecule has 2 heterocycles. The van der Waals surface area contributed by atoms with Crippen molar-refractivity contribution in [2.75, 3.05) is 26.4 Å². The van der Waals surface area contributed by atoms with E-state index in [4.69, 9.17) is 14.6 Å². The average Bonchev–Trinajstić information content (AvgIpc) is 3.08. The lowest BCUT2D eigenvalue weighted by atomic mass is 9.81. The third-order valence-electron chi connectivity index (χ3n) is 4.59. The van der Waals surface area contributed by atoms with E-state index in [-0.39, 0.29) is 12.0 Å². The van der Waals surface area contributed by atoms with Crippen molar-refractivity contribution in [1.82, 2.24) is 9.55 Å². The Morgan fingerprint density at radius 2 is 2.08 bits per heavy atom. The van der Waals surface area contributed by atoms with Gasteiger partial charge in [0.1, 0.15) is 11.6 Å². The summed E-state index contributed by atoms with van der Waals surface area (Å²) in [5.74, 6) is 0.141. The average molecular weight is 346 g/mol. The van der Waals surface area contributed by atoms with Crippen molar-refractivity contribution in [3.05, 3.63) is 36.7 Å². The monoisotopic (exact) mass is 346 g/mol. The third kappa shape index (κ3) is 4.00. The summed E-state index contributed by atoms with van der Waals surface area (Å²) in [6.45, 7) is 1.59. The summed E-state index contributed by atoms with van der Waals surface area (Å²) in [5.41, 5.74) is 0.499. The van der Waals surface area contributed by atoms with E-state index >= 15 is 0 Å². The third-order valence-corrected chi connectivity index (χ3v) is 4.59. The number of hydrogen-bond acceptors (Lipinski definition) is 5. The highest BCUT2D eigenvalue weighted by atomic mass is 16.5. The molecule has 0 saturated carbocycles. The molecule has 0 spiro atoms. The molecule has 0 unspecified atom stereocenters. The summed E-state index contributed by atoms with van der Waals surface area (Å²) in [6.07, 6.45) is 5.15. The predicted molar refractivity (Wildman–Crippen MR) is 90.4 cm³/mol. The second-order valence-electron chi connectivity index (χ2n) is 6.33. The molecule has 0 bridgehead atoms. The van der Waals surface area contributed by atoms with Gasteiger partial charge < -0.3 is 24.3 Å². The molecule has 25 heavy (non-hydrogen) atoms. The number of carboxylic acid groups (broad SMARTS) is 1. The van der Waals surface area contributed by atoms with E-state index in [1.54, 1.807) is 18.3 Å². The molecule has 2 N–H and O–H groups in total. The van der Waals surface area contributed by atoms with Gasteiger partial charge in [-0.3, -0.25) is 0 Å². The van der Waals surface area contributed by atoms with Crippen molar-refractivity contribution in [1.29, 1.82) is 0 Å². The van der Waals surface area contributed by atoms with Crippen LogP contribution < -0.4 is 4.74 Å². The van der Waals surface area contributed by atoms with Crippen LogP contribution in [-0.4, -0.2) is 52.2 Å². The highest BCUT2D eigenvalue weighted by molar-refractivity contribution is 5.70. The number of para-hydroxylation sites is 1. The number of aliphatic carboxylic acids is 1. The number of aliphatic hydroxyl groups is 1. The Morgan fingerprint density at radius 1 is 1.32 bits per heavy atom. The zero-order valence-corrected chi connectivity index (χ0v) is 13.9. The lowest BCUT2D eigenvalue weighted by Gasteiger charge is -2.36. The van der Waals surface area contributed by atoms with Crippen molar-refractivity contribution in [2.24, 2.45) is 5.41 Å². The Bertz CT molecular complexity index is 722. The summed E-state index contributed by atoms with van der Waals surface area (Å²) in [6, 6.07) is 7.24. The first-order chi connectivity index (χ1) is 12.1. The molecule has 1 fully saturated rings. The van der Waals surface area contributed by atoms with Gasteiger partial charge in [-0.15, -0.1) is 0 Å². The highest BCUT2D eigenvalue weighted by Gasteiger charge is 2.33. The minimum absolute atomic E-state index is 0.0884. The maximum absolute atomic E-state index is 10.8. The maximum Gasteiger partial charge on any atom is 0.341 e. The van der Waals surface area contributed by atoms with Crippen molar-refractivity contribution >= 4 is 5.97 Å². The van der Waals surface area contributed by atoms with E-state index in [0.717, 1.165) is 18.4 Å². The van der Waals surface area contributed by atoms with E-state index in [2.05, 4.69) is 4.98 Å². The van der Waals surface area contributed by atoms with Gasteiger partial charge in [0.05, 0.1) is 12.2 Å². The fraction of sp³-hybridized carbons (Fsp3) is 0.444. The summed E-state index contributed by atoms with van der Waals surface area (Å²) in [7, 11) is 0. The number of benzene rings is 1. The quantitative estimate of drug-likeness (QED) is 0.794. The second kappa shape index (κ2) is 7.67. The fourth-order valence-electron chi connectivity index (χ4n) is 3.13. The van der Waals surface area contributed by atoms with Gasteiger partial charge in [-0.2, -0.15) is 0 Å². The highest BCUT2D eigenvalue weighted by Crippen LogP contribution is 2.35. The van der Waals surface area contributed by atoms with Crippen molar-refractivity contribution < 1.29 is 24.5 Å². The summed E-state index contributed by atoms with van der Waals surface area (Å²) >= 11 is 0. The van der Waals surface area contributed by atoms with Gasteiger partial charge in [0.15, 0.2) is 6.61 Å². The number of hydrogen-bond donors (Lipinski definition) is 2. The van der Waals surface area contributed by atoms with Crippen molar-refractivity contribution in [3.8, 4) is 17.1 Å². The summed E-state index contributed by atoms with van der Waals surface area (Å²) < 4.78 is 12.8. The SMILES string of the molecule is O=C(O)COc1ccccc1-c1nccn1CC1(CO)CCOCC1. The molecular formula is C18H22N2O5. The number of carboxylic acids is 1. The maximum atomic E-state index is 10.8. The number of nitrogens with zero attached hydrogens (tertiary/aromatic N) is 2. The first-order valence-electron chi connectivity index (χ1n) is 8.27. The second-order valence-corrected chi connectivity index (χ2v) is 6.33. The number of aromatic nitrogens is 2. The first-order valence-corrected chi connectivity index (χ1v) is 8.27. The van der Waals surface area contributed by atoms with Crippen molar-refractivity contribution in [3.63, 3.8) is 0 Å².